The van der Waals surface area contributed by atoms with E-state index in [2.05, 4.69) is 13.0 Å². The number of alkyl halides is 3. The monoisotopic (exact) mass is 379 g/mol. The molecular formula is C23H32F3N. The molecule has 1 fully saturated rings. The van der Waals surface area contributed by atoms with E-state index < -0.39 is 6.30 Å². The molecule has 3 rings (SSSR count). The number of benzene rings is 1. The predicted molar refractivity (Wildman–Crippen MR) is 107 cm³/mol. The zero-order valence-electron chi connectivity index (χ0n) is 16.6. The molecular weight excluding hydrogens is 347 g/mol. The molecule has 1 atom stereocenters. The minimum atomic E-state index is -4.34. The van der Waals surface area contributed by atoms with E-state index in [1.807, 2.05) is 12.1 Å². The standard InChI is InChI=1S/C23H32F3N/c1-3-4-17-5-7-18(8-6-17)19-9-11-20(12-10-19)21-13-15-22(16-14-21)27(2)23(24,25)26/h11,13-19H,3-10,12H2,1-2H3/t17?,18?,19-/m0/s1. The number of hydrogen-bond acceptors (Lipinski definition) is 1. The minimum absolute atomic E-state index is 0.185. The van der Waals surface area contributed by atoms with Crippen LogP contribution in [0.4, 0.5) is 18.9 Å². The average Bonchev–Trinajstić information content (AvgIpc) is 2.68. The largest absolute Gasteiger partial charge is 0.484 e. The lowest BCUT2D eigenvalue weighted by Gasteiger charge is -2.35. The van der Waals surface area contributed by atoms with Crippen LogP contribution in [0.1, 0.15) is 70.3 Å². The first-order chi connectivity index (χ1) is 12.9. The van der Waals surface area contributed by atoms with Crippen LogP contribution >= 0.6 is 0 Å². The lowest BCUT2D eigenvalue weighted by molar-refractivity contribution is -0.125. The zero-order valence-corrected chi connectivity index (χ0v) is 16.6. The Morgan fingerprint density at radius 1 is 0.963 bits per heavy atom. The SMILES string of the molecule is CCCC1CCC([C@H]2CC=C(c3ccc(N(C)C(F)(F)F)cc3)CC2)CC1. The van der Waals surface area contributed by atoms with E-state index in [1.54, 1.807) is 12.1 Å². The molecule has 0 radical (unpaired) electrons. The van der Waals surface area contributed by atoms with E-state index in [1.165, 1.54) is 50.5 Å². The molecule has 150 valence electrons. The highest BCUT2D eigenvalue weighted by molar-refractivity contribution is 5.68. The quantitative estimate of drug-likeness (QED) is 0.481. The first-order valence-corrected chi connectivity index (χ1v) is 10.5. The van der Waals surface area contributed by atoms with Gasteiger partial charge in [0, 0.05) is 12.7 Å². The number of anilines is 1. The van der Waals surface area contributed by atoms with E-state index in [0.29, 0.717) is 4.90 Å². The molecule has 0 aromatic heterocycles. The molecule has 0 aliphatic heterocycles. The topological polar surface area (TPSA) is 3.24 Å². The van der Waals surface area contributed by atoms with Gasteiger partial charge in [-0.1, -0.05) is 50.8 Å². The third kappa shape index (κ3) is 5.08. The fourth-order valence-corrected chi connectivity index (χ4v) is 4.95. The number of halogens is 3. The summed E-state index contributed by atoms with van der Waals surface area (Å²) in [6.45, 7) is 2.28. The van der Waals surface area contributed by atoms with Gasteiger partial charge in [-0.3, -0.25) is 4.90 Å². The highest BCUT2D eigenvalue weighted by atomic mass is 19.4. The third-order valence-corrected chi connectivity index (χ3v) is 6.71. The summed E-state index contributed by atoms with van der Waals surface area (Å²) in [6.07, 6.45) is 9.68. The van der Waals surface area contributed by atoms with E-state index in [4.69, 9.17) is 0 Å². The van der Waals surface area contributed by atoms with Crippen molar-refractivity contribution < 1.29 is 13.2 Å². The van der Waals surface area contributed by atoms with Crippen LogP contribution in [-0.2, 0) is 0 Å². The summed E-state index contributed by atoms with van der Waals surface area (Å²) in [4.78, 5) is 0.358. The second kappa shape index (κ2) is 8.70. The van der Waals surface area contributed by atoms with Crippen molar-refractivity contribution in [2.75, 3.05) is 11.9 Å². The molecule has 2 aliphatic rings. The van der Waals surface area contributed by atoms with Crippen LogP contribution in [0.5, 0.6) is 0 Å². The number of rotatable bonds is 5. The van der Waals surface area contributed by atoms with Crippen molar-refractivity contribution in [3.05, 3.63) is 35.9 Å². The molecule has 0 bridgehead atoms. The lowest BCUT2D eigenvalue weighted by atomic mass is 9.70. The highest BCUT2D eigenvalue weighted by Gasteiger charge is 2.34. The van der Waals surface area contributed by atoms with E-state index in [-0.39, 0.29) is 5.69 Å². The number of nitrogens with zero attached hydrogens (tertiary/aromatic N) is 1. The molecule has 1 saturated carbocycles. The molecule has 0 unspecified atom stereocenters. The first kappa shape index (κ1) is 20.3. The Morgan fingerprint density at radius 3 is 2.15 bits per heavy atom. The number of hydrogen-bond donors (Lipinski definition) is 0. The Labute approximate surface area is 161 Å². The Balaban J connectivity index is 1.56. The summed E-state index contributed by atoms with van der Waals surface area (Å²) in [5.41, 5.74) is 2.55. The van der Waals surface area contributed by atoms with Crippen LogP contribution < -0.4 is 4.90 Å². The van der Waals surface area contributed by atoms with Crippen molar-refractivity contribution in [3.63, 3.8) is 0 Å². The van der Waals surface area contributed by atoms with E-state index >= 15 is 0 Å². The zero-order chi connectivity index (χ0) is 19.4. The van der Waals surface area contributed by atoms with Crippen molar-refractivity contribution >= 4 is 11.3 Å². The van der Waals surface area contributed by atoms with Gasteiger partial charge in [-0.2, -0.15) is 13.2 Å². The van der Waals surface area contributed by atoms with Gasteiger partial charge in [0.15, 0.2) is 0 Å². The summed E-state index contributed by atoms with van der Waals surface area (Å²) in [5, 5.41) is 0. The van der Waals surface area contributed by atoms with Gasteiger partial charge in [-0.05, 0) is 73.1 Å². The predicted octanol–water partition coefficient (Wildman–Crippen LogP) is 7.43. The molecule has 27 heavy (non-hydrogen) atoms. The Hall–Kier alpha value is -1.45. The second-order valence-electron chi connectivity index (χ2n) is 8.41. The maximum Gasteiger partial charge on any atom is 0.484 e. The van der Waals surface area contributed by atoms with Crippen LogP contribution in [0.25, 0.3) is 5.57 Å². The fourth-order valence-electron chi connectivity index (χ4n) is 4.95. The highest BCUT2D eigenvalue weighted by Crippen LogP contribution is 2.42. The van der Waals surface area contributed by atoms with Gasteiger partial charge in [0.2, 0.25) is 0 Å². The normalized spacial score (nSPS) is 26.6. The van der Waals surface area contributed by atoms with Gasteiger partial charge in [0.1, 0.15) is 0 Å². The summed E-state index contributed by atoms with van der Waals surface area (Å²) >= 11 is 0. The van der Waals surface area contributed by atoms with Gasteiger partial charge in [-0.15, -0.1) is 0 Å². The Bertz CT molecular complexity index is 624. The van der Waals surface area contributed by atoms with Gasteiger partial charge in [-0.25, -0.2) is 0 Å². The summed E-state index contributed by atoms with van der Waals surface area (Å²) in [7, 11) is 1.06. The van der Waals surface area contributed by atoms with Crippen molar-refractivity contribution in [1.82, 2.24) is 0 Å². The number of allylic oxidation sites excluding steroid dienone is 2. The molecule has 0 spiro atoms. The molecule has 1 aromatic carbocycles. The Kier molecular flexibility index (Phi) is 6.54. The van der Waals surface area contributed by atoms with Crippen LogP contribution in [0.3, 0.4) is 0 Å². The van der Waals surface area contributed by atoms with Crippen molar-refractivity contribution in [3.8, 4) is 0 Å². The van der Waals surface area contributed by atoms with Crippen LogP contribution in [-0.4, -0.2) is 13.3 Å². The van der Waals surface area contributed by atoms with E-state index in [0.717, 1.165) is 43.2 Å². The molecule has 0 amide bonds. The van der Waals surface area contributed by atoms with Crippen molar-refractivity contribution in [2.24, 2.45) is 17.8 Å². The third-order valence-electron chi connectivity index (χ3n) is 6.71. The maximum absolute atomic E-state index is 12.8. The van der Waals surface area contributed by atoms with Gasteiger partial charge in [0.25, 0.3) is 0 Å². The molecule has 1 nitrogen and oxygen atoms in total. The van der Waals surface area contributed by atoms with Crippen LogP contribution in [0, 0.1) is 17.8 Å². The minimum Gasteiger partial charge on any atom is -0.287 e. The molecule has 4 heteroatoms. The van der Waals surface area contributed by atoms with Crippen LogP contribution in [0.15, 0.2) is 30.3 Å². The Morgan fingerprint density at radius 2 is 1.63 bits per heavy atom. The lowest BCUT2D eigenvalue weighted by Crippen LogP contribution is -2.33. The van der Waals surface area contributed by atoms with Gasteiger partial charge in [0.05, 0.1) is 0 Å². The van der Waals surface area contributed by atoms with E-state index in [9.17, 15) is 13.2 Å². The summed E-state index contributed by atoms with van der Waals surface area (Å²) in [5.74, 6) is 2.62. The molecule has 0 saturated heterocycles. The van der Waals surface area contributed by atoms with Crippen molar-refractivity contribution in [2.45, 2.75) is 71.0 Å². The van der Waals surface area contributed by atoms with Crippen molar-refractivity contribution in [1.29, 1.82) is 0 Å². The maximum atomic E-state index is 12.8. The summed E-state index contributed by atoms with van der Waals surface area (Å²) < 4.78 is 38.4. The van der Waals surface area contributed by atoms with Gasteiger partial charge < -0.3 is 0 Å². The molecule has 1 aromatic rings. The smallest absolute Gasteiger partial charge is 0.287 e. The average molecular weight is 380 g/mol. The first-order valence-electron chi connectivity index (χ1n) is 10.5. The summed E-state index contributed by atoms with van der Waals surface area (Å²) in [6, 6.07) is 6.81. The second-order valence-corrected chi connectivity index (χ2v) is 8.41. The molecule has 0 N–H and O–H groups in total. The van der Waals surface area contributed by atoms with Gasteiger partial charge >= 0.3 is 6.30 Å². The van der Waals surface area contributed by atoms with Crippen LogP contribution in [0.2, 0.25) is 0 Å². The molecule has 0 heterocycles. The fraction of sp³-hybridized carbons (Fsp3) is 0.652. The molecule has 2 aliphatic carbocycles.